The number of nitrogens with one attached hydrogen (secondary N) is 1. The van der Waals surface area contributed by atoms with Crippen molar-refractivity contribution >= 4 is 39.0 Å². The lowest BCUT2D eigenvalue weighted by molar-refractivity contribution is -0.137. The van der Waals surface area contributed by atoms with Gasteiger partial charge in [-0.3, -0.25) is 9.52 Å². The first-order valence-electron chi connectivity index (χ1n) is 4.65. The number of carboxylic acids is 1. The predicted molar refractivity (Wildman–Crippen MR) is 65.4 cm³/mol. The minimum atomic E-state index is -3.98. The summed E-state index contributed by atoms with van der Waals surface area (Å²) in [5, 5.41) is 10.4. The molecule has 1 aromatic heterocycles. The van der Waals surface area contributed by atoms with Crippen molar-refractivity contribution in [2.24, 2.45) is 0 Å². The topological polar surface area (TPSA) is 110 Å². The molecule has 18 heavy (non-hydrogen) atoms. The molecule has 0 fully saturated rings. The van der Waals surface area contributed by atoms with Crippen LogP contribution in [0.1, 0.15) is 15.2 Å². The summed E-state index contributed by atoms with van der Waals surface area (Å²) in [6, 6.07) is 0. The fourth-order valence-electron chi connectivity index (χ4n) is 1.13. The van der Waals surface area contributed by atoms with Crippen LogP contribution >= 0.6 is 11.3 Å². The third-order valence-corrected chi connectivity index (χ3v) is 4.18. The van der Waals surface area contributed by atoms with Crippen LogP contribution in [0.4, 0.5) is 5.69 Å². The van der Waals surface area contributed by atoms with Gasteiger partial charge in [-0.05, 0) is 17.9 Å². The fourth-order valence-corrected chi connectivity index (χ4v) is 3.12. The summed E-state index contributed by atoms with van der Waals surface area (Å²) >= 11 is 0.907. The van der Waals surface area contributed by atoms with Gasteiger partial charge < -0.3 is 9.84 Å². The Morgan fingerprint density at radius 1 is 1.50 bits per heavy atom. The highest BCUT2D eigenvalue weighted by molar-refractivity contribution is 7.93. The van der Waals surface area contributed by atoms with Gasteiger partial charge >= 0.3 is 11.9 Å². The molecule has 0 saturated heterocycles. The second-order valence-corrected chi connectivity index (χ2v) is 5.97. The van der Waals surface area contributed by atoms with E-state index in [0.717, 1.165) is 18.4 Å². The van der Waals surface area contributed by atoms with E-state index in [1.807, 2.05) is 0 Å². The number of hydrogen-bond acceptors (Lipinski definition) is 6. The van der Waals surface area contributed by atoms with Gasteiger partial charge in [0.05, 0.1) is 12.8 Å². The van der Waals surface area contributed by atoms with Crippen molar-refractivity contribution in [2.45, 2.75) is 6.92 Å². The van der Waals surface area contributed by atoms with Gasteiger partial charge in [-0.25, -0.2) is 13.2 Å². The maximum Gasteiger partial charge on any atom is 0.348 e. The lowest BCUT2D eigenvalue weighted by Gasteiger charge is -2.07. The van der Waals surface area contributed by atoms with Gasteiger partial charge in [-0.2, -0.15) is 0 Å². The monoisotopic (exact) mass is 293 g/mol. The molecule has 1 rings (SSSR count). The van der Waals surface area contributed by atoms with Crippen LogP contribution < -0.4 is 4.72 Å². The van der Waals surface area contributed by atoms with Crippen LogP contribution in [0.5, 0.6) is 0 Å². The van der Waals surface area contributed by atoms with E-state index in [1.54, 1.807) is 6.92 Å². The van der Waals surface area contributed by atoms with Crippen LogP contribution in [-0.2, 0) is 19.6 Å². The van der Waals surface area contributed by atoms with E-state index >= 15 is 0 Å². The van der Waals surface area contributed by atoms with Gasteiger partial charge in [0.1, 0.15) is 4.88 Å². The molecule has 7 nitrogen and oxygen atoms in total. The molecule has 0 unspecified atom stereocenters. The molecule has 0 bridgehead atoms. The molecule has 0 amide bonds. The molecule has 0 aliphatic rings. The molecule has 1 heterocycles. The summed E-state index contributed by atoms with van der Waals surface area (Å²) in [6.45, 7) is 1.57. The Hall–Kier alpha value is -1.61. The first kappa shape index (κ1) is 14.5. The molecule has 0 aliphatic heterocycles. The third-order valence-electron chi connectivity index (χ3n) is 1.96. The van der Waals surface area contributed by atoms with Gasteiger partial charge in [0.25, 0.3) is 0 Å². The SMILES string of the molecule is COC(=O)CS(=O)(=O)Nc1c(C)csc1C(=O)O. The molecule has 0 aliphatic carbocycles. The fraction of sp³-hybridized carbons (Fsp3) is 0.333. The Morgan fingerprint density at radius 2 is 2.11 bits per heavy atom. The minimum Gasteiger partial charge on any atom is -0.477 e. The van der Waals surface area contributed by atoms with Crippen molar-refractivity contribution in [3.05, 3.63) is 15.8 Å². The van der Waals surface area contributed by atoms with Gasteiger partial charge in [0.15, 0.2) is 5.75 Å². The van der Waals surface area contributed by atoms with Gasteiger partial charge in [0, 0.05) is 0 Å². The molecule has 0 saturated carbocycles. The molecule has 1 aromatic rings. The lowest BCUT2D eigenvalue weighted by Crippen LogP contribution is -2.24. The van der Waals surface area contributed by atoms with Crippen LogP contribution in [0.3, 0.4) is 0 Å². The number of esters is 1. The zero-order valence-corrected chi connectivity index (χ0v) is 11.2. The number of carbonyl (C=O) groups is 2. The van der Waals surface area contributed by atoms with Crippen molar-refractivity contribution in [2.75, 3.05) is 17.6 Å². The molecule has 9 heteroatoms. The highest BCUT2D eigenvalue weighted by Gasteiger charge is 2.22. The Balaban J connectivity index is 3.01. The number of hydrogen-bond donors (Lipinski definition) is 2. The first-order valence-corrected chi connectivity index (χ1v) is 7.18. The summed E-state index contributed by atoms with van der Waals surface area (Å²) in [7, 11) is -2.91. The van der Waals surface area contributed by atoms with E-state index in [1.165, 1.54) is 5.38 Å². The molecule has 0 radical (unpaired) electrons. The van der Waals surface area contributed by atoms with Gasteiger partial charge in [-0.15, -0.1) is 11.3 Å². The molecule has 0 spiro atoms. The van der Waals surface area contributed by atoms with Crippen molar-refractivity contribution in [1.29, 1.82) is 0 Å². The Bertz CT molecular complexity index is 574. The Kier molecular flexibility index (Phi) is 4.30. The summed E-state index contributed by atoms with van der Waals surface area (Å²) < 4.78 is 29.5. The normalized spacial score (nSPS) is 11.0. The largest absolute Gasteiger partial charge is 0.477 e. The first-order chi connectivity index (χ1) is 8.26. The van der Waals surface area contributed by atoms with Crippen molar-refractivity contribution < 1.29 is 27.9 Å². The number of carbonyl (C=O) groups excluding carboxylic acids is 1. The average Bonchev–Trinajstić information content (AvgIpc) is 2.59. The van der Waals surface area contributed by atoms with Gasteiger partial charge in [0.2, 0.25) is 10.0 Å². The Labute approximate surface area is 107 Å². The van der Waals surface area contributed by atoms with E-state index in [9.17, 15) is 18.0 Å². The van der Waals surface area contributed by atoms with Crippen molar-refractivity contribution in [3.8, 4) is 0 Å². The van der Waals surface area contributed by atoms with E-state index in [0.29, 0.717) is 5.56 Å². The number of anilines is 1. The number of rotatable bonds is 5. The van der Waals surface area contributed by atoms with Crippen LogP contribution in [0.2, 0.25) is 0 Å². The standard InChI is InChI=1S/C9H11NO6S2/c1-5-3-17-8(9(12)13)7(5)10-18(14,15)4-6(11)16-2/h3,10H,4H2,1-2H3,(H,12,13). The zero-order chi connectivity index (χ0) is 13.9. The van der Waals surface area contributed by atoms with E-state index in [2.05, 4.69) is 9.46 Å². The number of sulfonamides is 1. The highest BCUT2D eigenvalue weighted by atomic mass is 32.2. The summed E-state index contributed by atoms with van der Waals surface area (Å²) in [5.41, 5.74) is 0.460. The van der Waals surface area contributed by atoms with E-state index in [-0.39, 0.29) is 10.6 Å². The van der Waals surface area contributed by atoms with Crippen molar-refractivity contribution in [1.82, 2.24) is 0 Å². The summed E-state index contributed by atoms with van der Waals surface area (Å²) in [6.07, 6.45) is 0. The van der Waals surface area contributed by atoms with Crippen LogP contribution in [0.15, 0.2) is 5.38 Å². The third kappa shape index (κ3) is 3.44. The van der Waals surface area contributed by atoms with E-state index in [4.69, 9.17) is 5.11 Å². The average molecular weight is 293 g/mol. The summed E-state index contributed by atoms with van der Waals surface area (Å²) in [5.74, 6) is -3.02. The molecular weight excluding hydrogens is 282 g/mol. The Morgan fingerprint density at radius 3 is 2.61 bits per heavy atom. The van der Waals surface area contributed by atoms with Crippen molar-refractivity contribution in [3.63, 3.8) is 0 Å². The minimum absolute atomic E-state index is 0.0172. The van der Waals surface area contributed by atoms with Crippen LogP contribution in [0, 0.1) is 6.92 Å². The molecule has 0 aromatic carbocycles. The number of aryl methyl sites for hydroxylation is 1. The zero-order valence-electron chi connectivity index (χ0n) is 9.59. The van der Waals surface area contributed by atoms with Crippen LogP contribution in [0.25, 0.3) is 0 Å². The molecule has 0 atom stereocenters. The lowest BCUT2D eigenvalue weighted by atomic mass is 10.3. The quantitative estimate of drug-likeness (QED) is 0.772. The number of carboxylic acid groups (broad SMARTS) is 1. The highest BCUT2D eigenvalue weighted by Crippen LogP contribution is 2.28. The number of aromatic carboxylic acids is 1. The number of ether oxygens (including phenoxy) is 1. The molecular formula is C9H11NO6S2. The van der Waals surface area contributed by atoms with E-state index < -0.39 is 27.7 Å². The second-order valence-electron chi connectivity index (χ2n) is 3.37. The van der Waals surface area contributed by atoms with Crippen LogP contribution in [-0.4, -0.2) is 38.3 Å². The number of methoxy groups -OCH3 is 1. The maximum absolute atomic E-state index is 11.6. The smallest absolute Gasteiger partial charge is 0.348 e. The van der Waals surface area contributed by atoms with Gasteiger partial charge in [-0.1, -0.05) is 0 Å². The molecule has 2 N–H and O–H groups in total. The second kappa shape index (κ2) is 5.36. The summed E-state index contributed by atoms with van der Waals surface area (Å²) in [4.78, 5) is 21.7. The molecule has 100 valence electrons. The maximum atomic E-state index is 11.6. The predicted octanol–water partition coefficient (Wildman–Crippen LogP) is 0.669. The number of thiophene rings is 1.